The van der Waals surface area contributed by atoms with Crippen molar-refractivity contribution in [3.05, 3.63) is 76.6 Å². The summed E-state index contributed by atoms with van der Waals surface area (Å²) in [6.45, 7) is 2.00. The molecule has 0 radical (unpaired) electrons. The van der Waals surface area contributed by atoms with E-state index in [2.05, 4.69) is 26.4 Å². The molecule has 5 rings (SSSR count). The Morgan fingerprint density at radius 3 is 2.79 bits per heavy atom. The minimum atomic E-state index is -0.0988. The molecule has 1 amide bonds. The van der Waals surface area contributed by atoms with Crippen molar-refractivity contribution in [3.8, 4) is 11.4 Å². The minimum Gasteiger partial charge on any atom is -0.338 e. The Bertz CT molecular complexity index is 1310. The molecule has 1 aliphatic rings. The topological polar surface area (TPSA) is 71.3 Å². The molecule has 1 aromatic heterocycles. The Morgan fingerprint density at radius 1 is 1.09 bits per heavy atom. The van der Waals surface area contributed by atoms with Crippen LogP contribution >= 0.6 is 23.2 Å². The molecule has 168 valence electrons. The van der Waals surface area contributed by atoms with Crippen molar-refractivity contribution < 1.29 is 9.32 Å². The first-order valence-corrected chi connectivity index (χ1v) is 11.6. The molecule has 8 heteroatoms. The van der Waals surface area contributed by atoms with Gasteiger partial charge in [0.25, 0.3) is 0 Å². The molecule has 33 heavy (non-hydrogen) atoms. The molecular weight excluding hydrogens is 459 g/mol. The molecule has 0 spiro atoms. The number of piperidine rings is 1. The van der Waals surface area contributed by atoms with E-state index < -0.39 is 0 Å². The third kappa shape index (κ3) is 5.03. The highest BCUT2D eigenvalue weighted by Gasteiger charge is 2.27. The summed E-state index contributed by atoms with van der Waals surface area (Å²) in [5.74, 6) is 0.855. The van der Waals surface area contributed by atoms with E-state index in [1.54, 1.807) is 18.2 Å². The number of nitrogens with one attached hydrogen (secondary N) is 1. The number of anilines is 1. The third-order valence-corrected chi connectivity index (χ3v) is 6.44. The summed E-state index contributed by atoms with van der Waals surface area (Å²) in [6.07, 6.45) is 1.78. The summed E-state index contributed by atoms with van der Waals surface area (Å²) in [5, 5.41) is 10.4. The van der Waals surface area contributed by atoms with Crippen molar-refractivity contribution in [2.45, 2.75) is 19.4 Å². The zero-order chi connectivity index (χ0) is 22.8. The average Bonchev–Trinajstić information content (AvgIpc) is 3.27. The monoisotopic (exact) mass is 480 g/mol. The van der Waals surface area contributed by atoms with Gasteiger partial charge in [-0.2, -0.15) is 4.98 Å². The molecule has 1 N–H and O–H groups in total. The molecular formula is C25H22Cl2N4O2. The van der Waals surface area contributed by atoms with Crippen LogP contribution in [-0.4, -0.2) is 34.0 Å². The molecule has 6 nitrogen and oxygen atoms in total. The van der Waals surface area contributed by atoms with Gasteiger partial charge in [-0.3, -0.25) is 9.69 Å². The van der Waals surface area contributed by atoms with Gasteiger partial charge in [0.1, 0.15) is 0 Å². The van der Waals surface area contributed by atoms with Gasteiger partial charge in [-0.1, -0.05) is 58.7 Å². The van der Waals surface area contributed by atoms with Gasteiger partial charge in [-0.15, -0.1) is 0 Å². The number of hydrogen-bond acceptors (Lipinski definition) is 5. The van der Waals surface area contributed by atoms with Crippen molar-refractivity contribution in [2.24, 2.45) is 5.92 Å². The Hall–Kier alpha value is -2.93. The maximum absolute atomic E-state index is 12.9. The lowest BCUT2D eigenvalue weighted by atomic mass is 9.97. The summed E-state index contributed by atoms with van der Waals surface area (Å²) in [5.41, 5.74) is 1.49. The van der Waals surface area contributed by atoms with Crippen molar-refractivity contribution in [1.29, 1.82) is 0 Å². The second-order valence-corrected chi connectivity index (χ2v) is 9.10. The van der Waals surface area contributed by atoms with Crippen LogP contribution in [0.5, 0.6) is 0 Å². The lowest BCUT2D eigenvalue weighted by Crippen LogP contribution is -2.40. The van der Waals surface area contributed by atoms with Crippen molar-refractivity contribution in [2.75, 3.05) is 18.4 Å². The van der Waals surface area contributed by atoms with Gasteiger partial charge in [0.05, 0.1) is 17.5 Å². The van der Waals surface area contributed by atoms with Gasteiger partial charge in [-0.25, -0.2) is 0 Å². The maximum atomic E-state index is 12.9. The van der Waals surface area contributed by atoms with Crippen LogP contribution in [0.3, 0.4) is 0 Å². The van der Waals surface area contributed by atoms with Crippen LogP contribution in [-0.2, 0) is 11.3 Å². The molecule has 0 saturated carbocycles. The zero-order valence-corrected chi connectivity index (χ0v) is 19.3. The fraction of sp³-hybridized carbons (Fsp3) is 0.240. The molecule has 0 bridgehead atoms. The lowest BCUT2D eigenvalue weighted by molar-refractivity contribution is -0.121. The predicted molar refractivity (Wildman–Crippen MR) is 130 cm³/mol. The second kappa shape index (κ2) is 9.51. The number of aromatic nitrogens is 2. The predicted octanol–water partition coefficient (Wildman–Crippen LogP) is 6.05. The van der Waals surface area contributed by atoms with Crippen LogP contribution in [0, 0.1) is 5.92 Å². The fourth-order valence-electron chi connectivity index (χ4n) is 4.22. The van der Waals surface area contributed by atoms with Crippen molar-refractivity contribution >= 4 is 45.6 Å². The molecule has 1 saturated heterocycles. The zero-order valence-electron chi connectivity index (χ0n) is 17.8. The van der Waals surface area contributed by atoms with Crippen LogP contribution in [0.15, 0.2) is 65.2 Å². The number of amides is 1. The van der Waals surface area contributed by atoms with Gasteiger partial charge in [0, 0.05) is 22.8 Å². The average molecular weight is 481 g/mol. The van der Waals surface area contributed by atoms with Crippen LogP contribution in [0.4, 0.5) is 5.69 Å². The highest BCUT2D eigenvalue weighted by atomic mass is 35.5. The van der Waals surface area contributed by atoms with Gasteiger partial charge in [-0.05, 0) is 60.5 Å². The van der Waals surface area contributed by atoms with E-state index in [0.29, 0.717) is 40.4 Å². The number of benzene rings is 3. The van der Waals surface area contributed by atoms with E-state index in [9.17, 15) is 4.79 Å². The van der Waals surface area contributed by atoms with E-state index in [4.69, 9.17) is 27.7 Å². The Kier molecular flexibility index (Phi) is 6.31. The van der Waals surface area contributed by atoms with E-state index in [0.717, 1.165) is 35.8 Å². The first-order valence-electron chi connectivity index (χ1n) is 10.9. The van der Waals surface area contributed by atoms with Crippen LogP contribution in [0.1, 0.15) is 18.7 Å². The first kappa shape index (κ1) is 21.9. The van der Waals surface area contributed by atoms with E-state index in [1.807, 2.05) is 36.4 Å². The molecule has 2 heterocycles. The van der Waals surface area contributed by atoms with Gasteiger partial charge in [0.2, 0.25) is 17.6 Å². The molecule has 1 unspecified atom stereocenters. The van der Waals surface area contributed by atoms with Gasteiger partial charge >= 0.3 is 0 Å². The highest BCUT2D eigenvalue weighted by molar-refractivity contribution is 6.36. The maximum Gasteiger partial charge on any atom is 0.241 e. The fourth-order valence-corrected chi connectivity index (χ4v) is 4.71. The molecule has 0 aliphatic carbocycles. The quantitative estimate of drug-likeness (QED) is 0.376. The molecule has 4 aromatic rings. The second-order valence-electron chi connectivity index (χ2n) is 8.26. The number of fused-ring (bicyclic) bond motifs is 1. The first-order chi connectivity index (χ1) is 16.0. The lowest BCUT2D eigenvalue weighted by Gasteiger charge is -2.30. The number of carbonyl (C=O) groups excluding carboxylic acids is 1. The standard InChI is InChI=1S/C25H22Cl2N4O2/c26-19-8-10-21(22(27)13-19)24-29-23(33-30-24)15-31-11-3-6-18(14-31)25(32)28-20-9-7-16-4-1-2-5-17(16)12-20/h1-2,4-5,7-10,12-13,18H,3,6,11,14-15H2,(H,28,32). The number of likely N-dealkylation sites (tertiary alicyclic amines) is 1. The highest BCUT2D eigenvalue weighted by Crippen LogP contribution is 2.29. The van der Waals surface area contributed by atoms with Gasteiger partial charge < -0.3 is 9.84 Å². The van der Waals surface area contributed by atoms with E-state index in [1.165, 1.54) is 0 Å². The summed E-state index contributed by atoms with van der Waals surface area (Å²) < 4.78 is 5.44. The number of nitrogens with zero attached hydrogens (tertiary/aromatic N) is 3. The number of carbonyl (C=O) groups is 1. The van der Waals surface area contributed by atoms with Crippen molar-refractivity contribution in [1.82, 2.24) is 15.0 Å². The van der Waals surface area contributed by atoms with Crippen LogP contribution in [0.2, 0.25) is 10.0 Å². The van der Waals surface area contributed by atoms with E-state index >= 15 is 0 Å². The number of hydrogen-bond donors (Lipinski definition) is 1. The Morgan fingerprint density at radius 2 is 1.94 bits per heavy atom. The third-order valence-electron chi connectivity index (χ3n) is 5.89. The molecule has 1 fully saturated rings. The SMILES string of the molecule is O=C(Nc1ccc2ccccc2c1)C1CCCN(Cc2nc(-c3ccc(Cl)cc3Cl)no2)C1. The van der Waals surface area contributed by atoms with E-state index in [-0.39, 0.29) is 11.8 Å². The molecule has 3 aromatic carbocycles. The van der Waals surface area contributed by atoms with Gasteiger partial charge in [0.15, 0.2) is 0 Å². The summed E-state index contributed by atoms with van der Waals surface area (Å²) in [7, 11) is 0. The minimum absolute atomic E-state index is 0.0362. The van der Waals surface area contributed by atoms with Crippen LogP contribution in [0.25, 0.3) is 22.2 Å². The summed E-state index contributed by atoms with van der Waals surface area (Å²) >= 11 is 12.2. The number of halogens is 2. The summed E-state index contributed by atoms with van der Waals surface area (Å²) in [6, 6.07) is 19.3. The van der Waals surface area contributed by atoms with Crippen molar-refractivity contribution in [3.63, 3.8) is 0 Å². The smallest absolute Gasteiger partial charge is 0.241 e. The molecule has 1 aliphatic heterocycles. The Labute approximate surface area is 201 Å². The van der Waals surface area contributed by atoms with Crippen LogP contribution < -0.4 is 5.32 Å². The summed E-state index contributed by atoms with van der Waals surface area (Å²) in [4.78, 5) is 19.6. The normalized spacial score (nSPS) is 16.7. The number of rotatable bonds is 5. The largest absolute Gasteiger partial charge is 0.338 e. The Balaban J connectivity index is 1.22. The molecule has 1 atom stereocenters.